The molecule has 0 aromatic rings. The van der Waals surface area contributed by atoms with Crippen LogP contribution in [0, 0.1) is 0 Å². The molecule has 0 aromatic heterocycles. The van der Waals surface area contributed by atoms with Gasteiger partial charge in [-0.15, -0.1) is 17.3 Å². The van der Waals surface area contributed by atoms with Crippen molar-refractivity contribution in [3.8, 4) is 0 Å². The van der Waals surface area contributed by atoms with Crippen LogP contribution in [0.25, 0.3) is 0 Å². The van der Waals surface area contributed by atoms with Crippen LogP contribution in [0.15, 0.2) is 11.8 Å². The van der Waals surface area contributed by atoms with Gasteiger partial charge in [-0.3, -0.25) is 0 Å². The van der Waals surface area contributed by atoms with Crippen molar-refractivity contribution in [1.29, 1.82) is 0 Å². The van der Waals surface area contributed by atoms with Crippen molar-refractivity contribution in [3.05, 3.63) is 11.8 Å². The molecule has 0 aliphatic rings. The lowest BCUT2D eigenvalue weighted by atomic mass is 10.5. The lowest BCUT2D eigenvalue weighted by molar-refractivity contribution is 1.23. The van der Waals surface area contributed by atoms with Gasteiger partial charge >= 0.3 is 0 Å². The Bertz CT molecular complexity index is 52.0. The lowest BCUT2D eigenvalue weighted by Gasteiger charge is -1.76. The van der Waals surface area contributed by atoms with Crippen molar-refractivity contribution in [2.45, 2.75) is 13.3 Å². The number of hydrogen-bond acceptors (Lipinski definition) is 0. The van der Waals surface area contributed by atoms with Gasteiger partial charge in [0, 0.05) is 5.50 Å². The van der Waals surface area contributed by atoms with Crippen LogP contribution in [-0.2, 0) is 0 Å². The van der Waals surface area contributed by atoms with Crippen molar-refractivity contribution < 1.29 is 0 Å². The highest BCUT2D eigenvalue weighted by Crippen LogP contribution is 1.78. The predicted octanol–water partition coefficient (Wildman–Crippen LogP) is 1.28. The first kappa shape index (κ1) is 7.25. The highest BCUT2D eigenvalue weighted by Gasteiger charge is 1.71. The summed E-state index contributed by atoms with van der Waals surface area (Å²) in [7, 11) is -0.00441. The van der Waals surface area contributed by atoms with Crippen LogP contribution in [0.4, 0.5) is 0 Å². The van der Waals surface area contributed by atoms with Gasteiger partial charge in [0.2, 0.25) is 0 Å². The summed E-state index contributed by atoms with van der Waals surface area (Å²) in [5.41, 5.74) is 3.13. The van der Waals surface area contributed by atoms with Crippen LogP contribution < -0.4 is 0 Å². The largest absolute Gasteiger partial charge is 0.130 e. The molecule has 0 unspecified atom stereocenters. The first-order chi connectivity index (χ1) is 3.41. The number of rotatable bonds is 3. The standard InChI is InChI=1S/C5H11ClSi/c1-2-3-4-7-5-6/h3-4H,2,5,7H2,1H3. The Balaban J connectivity index is 2.78. The van der Waals surface area contributed by atoms with Crippen molar-refractivity contribution in [1.82, 2.24) is 0 Å². The molecular weight excluding hydrogens is 124 g/mol. The maximum atomic E-state index is 5.45. The van der Waals surface area contributed by atoms with E-state index in [1.807, 2.05) is 0 Å². The molecule has 0 aliphatic heterocycles. The van der Waals surface area contributed by atoms with E-state index < -0.39 is 0 Å². The lowest BCUT2D eigenvalue weighted by Crippen LogP contribution is -1.82. The molecule has 0 saturated carbocycles. The molecule has 0 nitrogen and oxygen atoms in total. The van der Waals surface area contributed by atoms with Crippen LogP contribution in [-0.4, -0.2) is 15.0 Å². The molecular formula is C5H11ClSi. The fourth-order valence-electron chi connectivity index (χ4n) is 0.348. The summed E-state index contributed by atoms with van der Waals surface area (Å²) >= 11 is 5.45. The smallest absolute Gasteiger partial charge is 0.0618 e. The fraction of sp³-hybridized carbons (Fsp3) is 0.600. The molecule has 0 N–H and O–H groups in total. The third-order valence-corrected chi connectivity index (χ3v) is 2.22. The van der Waals surface area contributed by atoms with Crippen molar-refractivity contribution in [2.24, 2.45) is 0 Å². The van der Waals surface area contributed by atoms with Gasteiger partial charge in [-0.05, 0) is 6.42 Å². The van der Waals surface area contributed by atoms with E-state index in [1.165, 1.54) is 0 Å². The first-order valence-corrected chi connectivity index (χ1v) is 4.98. The van der Waals surface area contributed by atoms with Gasteiger partial charge in [0.15, 0.2) is 0 Å². The maximum Gasteiger partial charge on any atom is 0.0618 e. The van der Waals surface area contributed by atoms with Gasteiger partial charge in [-0.25, -0.2) is 0 Å². The molecule has 0 aromatic carbocycles. The van der Waals surface area contributed by atoms with Gasteiger partial charge in [0.25, 0.3) is 0 Å². The first-order valence-electron chi connectivity index (χ1n) is 2.62. The van der Waals surface area contributed by atoms with E-state index in [2.05, 4.69) is 18.7 Å². The van der Waals surface area contributed by atoms with Gasteiger partial charge in [0.05, 0.1) is 9.52 Å². The summed E-state index contributed by atoms with van der Waals surface area (Å²) < 4.78 is 0. The zero-order chi connectivity index (χ0) is 5.54. The average Bonchev–Trinajstić information content (AvgIpc) is 1.69. The molecule has 0 atom stereocenters. The molecule has 0 amide bonds. The minimum absolute atomic E-state index is 0.00441. The van der Waals surface area contributed by atoms with E-state index in [1.54, 1.807) is 0 Å². The summed E-state index contributed by atoms with van der Waals surface area (Å²) in [6.45, 7) is 2.14. The molecule has 0 saturated heterocycles. The Hall–Kier alpha value is 0.247. The molecule has 0 rings (SSSR count). The number of halogens is 1. The van der Waals surface area contributed by atoms with E-state index in [-0.39, 0.29) is 9.52 Å². The number of alkyl halides is 1. The number of hydrogen-bond donors (Lipinski definition) is 0. The monoisotopic (exact) mass is 134 g/mol. The van der Waals surface area contributed by atoms with Crippen molar-refractivity contribution in [2.75, 3.05) is 5.50 Å². The number of allylic oxidation sites excluding steroid dienone is 1. The summed E-state index contributed by atoms with van der Waals surface area (Å²) in [5.74, 6) is 0. The van der Waals surface area contributed by atoms with Crippen molar-refractivity contribution in [3.63, 3.8) is 0 Å². The fourth-order valence-corrected chi connectivity index (χ4v) is 1.42. The highest BCUT2D eigenvalue weighted by atomic mass is 35.5. The summed E-state index contributed by atoms with van der Waals surface area (Å²) in [5, 5.41) is 0. The van der Waals surface area contributed by atoms with Gasteiger partial charge in [-0.1, -0.05) is 13.0 Å². The quantitative estimate of drug-likeness (QED) is 0.403. The normalized spacial score (nSPS) is 12.3. The van der Waals surface area contributed by atoms with E-state index in [9.17, 15) is 0 Å². The van der Waals surface area contributed by atoms with Gasteiger partial charge < -0.3 is 0 Å². The highest BCUT2D eigenvalue weighted by molar-refractivity contribution is 6.54. The van der Waals surface area contributed by atoms with Gasteiger partial charge in [-0.2, -0.15) is 0 Å². The van der Waals surface area contributed by atoms with E-state index in [4.69, 9.17) is 11.6 Å². The second kappa shape index (κ2) is 6.25. The van der Waals surface area contributed by atoms with Crippen LogP contribution in [0.2, 0.25) is 0 Å². The summed E-state index contributed by atoms with van der Waals surface area (Å²) in [4.78, 5) is 0. The zero-order valence-corrected chi connectivity index (χ0v) is 6.82. The topological polar surface area (TPSA) is 0 Å². The Labute approximate surface area is 52.4 Å². The van der Waals surface area contributed by atoms with Crippen LogP contribution in [0.5, 0.6) is 0 Å². The summed E-state index contributed by atoms with van der Waals surface area (Å²) in [6, 6.07) is 0. The molecule has 7 heavy (non-hydrogen) atoms. The maximum absolute atomic E-state index is 5.45. The van der Waals surface area contributed by atoms with Crippen molar-refractivity contribution >= 4 is 21.1 Å². The van der Waals surface area contributed by atoms with E-state index in [0.717, 1.165) is 11.9 Å². The molecule has 0 bridgehead atoms. The molecule has 0 heterocycles. The Morgan fingerprint density at radius 3 is 2.86 bits per heavy atom. The molecule has 0 fully saturated rings. The third-order valence-electron chi connectivity index (χ3n) is 0.678. The molecule has 0 aliphatic carbocycles. The summed E-state index contributed by atoms with van der Waals surface area (Å²) in [6.07, 6.45) is 3.35. The predicted molar refractivity (Wildman–Crippen MR) is 38.7 cm³/mol. The molecule has 42 valence electrons. The van der Waals surface area contributed by atoms with Crippen LogP contribution in [0.3, 0.4) is 0 Å². The van der Waals surface area contributed by atoms with Gasteiger partial charge in [0.1, 0.15) is 0 Å². The minimum atomic E-state index is -0.00441. The second-order valence-electron chi connectivity index (χ2n) is 1.36. The third kappa shape index (κ3) is 6.25. The van der Waals surface area contributed by atoms with E-state index >= 15 is 0 Å². The average molecular weight is 135 g/mol. The molecule has 0 spiro atoms. The van der Waals surface area contributed by atoms with Crippen LogP contribution in [0.1, 0.15) is 13.3 Å². The molecule has 2 heteroatoms. The Morgan fingerprint density at radius 1 is 1.71 bits per heavy atom. The Kier molecular flexibility index (Phi) is 6.47. The second-order valence-corrected chi connectivity index (χ2v) is 3.92. The molecule has 0 radical (unpaired) electrons. The zero-order valence-electron chi connectivity index (χ0n) is 4.65. The minimum Gasteiger partial charge on any atom is -0.130 e. The van der Waals surface area contributed by atoms with Crippen LogP contribution >= 0.6 is 11.6 Å². The SMILES string of the molecule is CCC=C[SiH2]CCl. The van der Waals surface area contributed by atoms with E-state index in [0.29, 0.717) is 0 Å². The Morgan fingerprint density at radius 2 is 2.43 bits per heavy atom.